The highest BCUT2D eigenvalue weighted by atomic mass is 16.5. The van der Waals surface area contributed by atoms with Crippen molar-refractivity contribution in [2.75, 3.05) is 14.2 Å². The second-order valence-electron chi connectivity index (χ2n) is 6.44. The van der Waals surface area contributed by atoms with E-state index in [0.717, 1.165) is 5.56 Å². The maximum atomic E-state index is 12.2. The quantitative estimate of drug-likeness (QED) is 0.341. The maximum absolute atomic E-state index is 12.2. The summed E-state index contributed by atoms with van der Waals surface area (Å²) in [6, 6.07) is 21.1. The van der Waals surface area contributed by atoms with E-state index in [4.69, 9.17) is 14.2 Å². The van der Waals surface area contributed by atoms with E-state index in [-0.39, 0.29) is 11.9 Å². The lowest BCUT2D eigenvalue weighted by Crippen LogP contribution is -2.17. The average Bonchev–Trinajstić information content (AvgIpc) is 2.83. The third kappa shape index (κ3) is 5.93. The molecule has 0 bridgehead atoms. The lowest BCUT2D eigenvalue weighted by atomic mass is 10.1. The number of hydrogen-bond donors (Lipinski definition) is 1. The zero-order valence-electron chi connectivity index (χ0n) is 17.2. The number of nitrogens with zero attached hydrogens (tertiary/aromatic N) is 1. The molecule has 3 aromatic rings. The molecular weight excluding hydrogens is 396 g/mol. The molecule has 158 valence electrons. The van der Waals surface area contributed by atoms with Crippen LogP contribution in [0.3, 0.4) is 0 Å². The Morgan fingerprint density at radius 3 is 2.26 bits per heavy atom. The van der Waals surface area contributed by atoms with E-state index >= 15 is 0 Å². The Bertz CT molecular complexity index is 1060. The van der Waals surface area contributed by atoms with E-state index in [9.17, 15) is 9.59 Å². The van der Waals surface area contributed by atoms with E-state index in [1.54, 1.807) is 55.6 Å². The molecule has 0 aromatic heterocycles. The van der Waals surface area contributed by atoms with Crippen LogP contribution in [0.5, 0.6) is 11.5 Å². The van der Waals surface area contributed by atoms with Gasteiger partial charge in [0.25, 0.3) is 5.91 Å². The Morgan fingerprint density at radius 2 is 1.58 bits per heavy atom. The van der Waals surface area contributed by atoms with Crippen molar-refractivity contribution in [3.05, 3.63) is 95.1 Å². The first-order valence-corrected chi connectivity index (χ1v) is 9.47. The highest BCUT2D eigenvalue weighted by molar-refractivity contribution is 5.95. The number of para-hydroxylation sites is 1. The van der Waals surface area contributed by atoms with E-state index in [1.807, 2.05) is 24.3 Å². The molecule has 0 heterocycles. The SMILES string of the molecule is COC(=O)c1ccc(COc2ccccc2/C=N\NC(=O)c2ccc(OC)cc2)cc1. The van der Waals surface area contributed by atoms with Crippen LogP contribution in [-0.2, 0) is 11.3 Å². The molecule has 0 unspecified atom stereocenters. The van der Waals surface area contributed by atoms with Crippen LogP contribution in [0.25, 0.3) is 0 Å². The smallest absolute Gasteiger partial charge is 0.337 e. The van der Waals surface area contributed by atoms with Gasteiger partial charge in [-0.05, 0) is 54.1 Å². The molecule has 0 fully saturated rings. The second kappa shape index (κ2) is 10.6. The summed E-state index contributed by atoms with van der Waals surface area (Å²) in [6.07, 6.45) is 1.52. The van der Waals surface area contributed by atoms with Gasteiger partial charge in [0, 0.05) is 11.1 Å². The van der Waals surface area contributed by atoms with Crippen LogP contribution < -0.4 is 14.9 Å². The number of ether oxygens (including phenoxy) is 3. The second-order valence-corrected chi connectivity index (χ2v) is 6.44. The summed E-state index contributed by atoms with van der Waals surface area (Å²) < 4.78 is 15.7. The highest BCUT2D eigenvalue weighted by Gasteiger charge is 2.07. The van der Waals surface area contributed by atoms with Crippen LogP contribution in [0.2, 0.25) is 0 Å². The van der Waals surface area contributed by atoms with Gasteiger partial charge in [0.1, 0.15) is 18.1 Å². The molecule has 3 rings (SSSR count). The van der Waals surface area contributed by atoms with Crippen LogP contribution >= 0.6 is 0 Å². The molecule has 0 radical (unpaired) electrons. The van der Waals surface area contributed by atoms with Gasteiger partial charge in [-0.25, -0.2) is 10.2 Å². The predicted molar refractivity (Wildman–Crippen MR) is 117 cm³/mol. The van der Waals surface area contributed by atoms with Crippen molar-refractivity contribution < 1.29 is 23.8 Å². The summed E-state index contributed by atoms with van der Waals surface area (Å²) in [5, 5.41) is 4.03. The van der Waals surface area contributed by atoms with Gasteiger partial charge in [-0.15, -0.1) is 0 Å². The summed E-state index contributed by atoms with van der Waals surface area (Å²) in [5.41, 5.74) is 5.05. The zero-order valence-corrected chi connectivity index (χ0v) is 17.2. The topological polar surface area (TPSA) is 86.2 Å². The molecule has 0 saturated carbocycles. The summed E-state index contributed by atoms with van der Waals surface area (Å²) >= 11 is 0. The largest absolute Gasteiger partial charge is 0.497 e. The van der Waals surface area contributed by atoms with Crippen molar-refractivity contribution in [3.63, 3.8) is 0 Å². The van der Waals surface area contributed by atoms with Gasteiger partial charge in [-0.3, -0.25) is 4.79 Å². The Balaban J connectivity index is 1.60. The van der Waals surface area contributed by atoms with Crippen molar-refractivity contribution in [1.29, 1.82) is 0 Å². The van der Waals surface area contributed by atoms with Crippen LogP contribution in [0, 0.1) is 0 Å². The Hall–Kier alpha value is -4.13. The molecule has 0 aliphatic heterocycles. The number of carbonyl (C=O) groups is 2. The zero-order chi connectivity index (χ0) is 22.1. The monoisotopic (exact) mass is 418 g/mol. The Kier molecular flexibility index (Phi) is 7.37. The summed E-state index contributed by atoms with van der Waals surface area (Å²) in [6.45, 7) is 0.310. The Labute approximate surface area is 180 Å². The first kappa shape index (κ1) is 21.6. The van der Waals surface area contributed by atoms with Crippen molar-refractivity contribution in [3.8, 4) is 11.5 Å². The number of hydrazone groups is 1. The molecule has 7 nitrogen and oxygen atoms in total. The van der Waals surface area contributed by atoms with Gasteiger partial charge < -0.3 is 14.2 Å². The van der Waals surface area contributed by atoms with E-state index in [2.05, 4.69) is 10.5 Å². The molecule has 0 aliphatic rings. The van der Waals surface area contributed by atoms with Gasteiger partial charge >= 0.3 is 5.97 Å². The van der Waals surface area contributed by atoms with Gasteiger partial charge in [-0.1, -0.05) is 24.3 Å². The highest BCUT2D eigenvalue weighted by Crippen LogP contribution is 2.18. The van der Waals surface area contributed by atoms with Gasteiger partial charge in [0.2, 0.25) is 0 Å². The summed E-state index contributed by atoms with van der Waals surface area (Å²) in [7, 11) is 2.91. The fraction of sp³-hybridized carbons (Fsp3) is 0.125. The van der Waals surface area contributed by atoms with Gasteiger partial charge in [-0.2, -0.15) is 5.10 Å². The first-order chi connectivity index (χ1) is 15.1. The molecule has 0 atom stereocenters. The molecular formula is C24H22N2O5. The van der Waals surface area contributed by atoms with Gasteiger partial charge in [0.15, 0.2) is 0 Å². The fourth-order valence-corrected chi connectivity index (χ4v) is 2.70. The van der Waals surface area contributed by atoms with Crippen molar-refractivity contribution in [2.24, 2.45) is 5.10 Å². The normalized spacial score (nSPS) is 10.5. The molecule has 1 N–H and O–H groups in total. The van der Waals surface area contributed by atoms with E-state index in [1.165, 1.54) is 13.3 Å². The minimum atomic E-state index is -0.384. The standard InChI is InChI=1S/C24H22N2O5/c1-29-21-13-11-18(12-14-21)23(27)26-25-15-20-5-3-4-6-22(20)31-16-17-7-9-19(10-8-17)24(28)30-2/h3-15H,16H2,1-2H3,(H,26,27)/b25-15-. The van der Waals surface area contributed by atoms with Crippen molar-refractivity contribution in [2.45, 2.75) is 6.61 Å². The van der Waals surface area contributed by atoms with Crippen LogP contribution in [0.15, 0.2) is 77.9 Å². The van der Waals surface area contributed by atoms with E-state index in [0.29, 0.717) is 34.8 Å². The number of esters is 1. The minimum absolute atomic E-state index is 0.310. The molecule has 31 heavy (non-hydrogen) atoms. The Morgan fingerprint density at radius 1 is 0.903 bits per heavy atom. The number of carbonyl (C=O) groups excluding carboxylic acids is 2. The first-order valence-electron chi connectivity index (χ1n) is 9.47. The lowest BCUT2D eigenvalue weighted by Gasteiger charge is -2.09. The number of benzene rings is 3. The molecule has 0 aliphatic carbocycles. The van der Waals surface area contributed by atoms with Crippen LogP contribution in [-0.4, -0.2) is 32.3 Å². The molecule has 7 heteroatoms. The summed E-state index contributed by atoms with van der Waals surface area (Å²) in [5.74, 6) is 0.571. The maximum Gasteiger partial charge on any atom is 0.337 e. The van der Waals surface area contributed by atoms with E-state index < -0.39 is 0 Å². The summed E-state index contributed by atoms with van der Waals surface area (Å²) in [4.78, 5) is 23.7. The lowest BCUT2D eigenvalue weighted by molar-refractivity contribution is 0.0600. The fourth-order valence-electron chi connectivity index (χ4n) is 2.70. The van der Waals surface area contributed by atoms with Crippen molar-refractivity contribution in [1.82, 2.24) is 5.43 Å². The number of rotatable bonds is 8. The number of amides is 1. The van der Waals surface area contributed by atoms with Crippen LogP contribution in [0.4, 0.5) is 0 Å². The number of methoxy groups -OCH3 is 2. The van der Waals surface area contributed by atoms with Crippen molar-refractivity contribution >= 4 is 18.1 Å². The molecule has 3 aromatic carbocycles. The third-order valence-corrected chi connectivity index (χ3v) is 4.41. The van der Waals surface area contributed by atoms with Gasteiger partial charge in [0.05, 0.1) is 26.0 Å². The molecule has 1 amide bonds. The third-order valence-electron chi connectivity index (χ3n) is 4.41. The van der Waals surface area contributed by atoms with Crippen LogP contribution in [0.1, 0.15) is 31.8 Å². The number of hydrogen-bond acceptors (Lipinski definition) is 6. The molecule has 0 spiro atoms. The average molecular weight is 418 g/mol. The molecule has 0 saturated heterocycles. The predicted octanol–water partition coefficient (Wildman–Crippen LogP) is 3.82. The number of nitrogens with one attached hydrogen (secondary N) is 1. The minimum Gasteiger partial charge on any atom is -0.497 e.